The Kier molecular flexibility index (Phi) is 23.0. The van der Waals surface area contributed by atoms with Gasteiger partial charge in [0.05, 0.1) is 16.1 Å². The van der Waals surface area contributed by atoms with Crippen molar-refractivity contribution in [3.05, 3.63) is 202 Å². The van der Waals surface area contributed by atoms with Crippen molar-refractivity contribution in [1.29, 1.82) is 0 Å². The van der Waals surface area contributed by atoms with E-state index in [1.165, 1.54) is 27.6 Å². The van der Waals surface area contributed by atoms with Crippen molar-refractivity contribution >= 4 is 68.0 Å². The SMILES string of the molecule is CC(C)[Si](C(C)C)(C(C)C)n1ccc2c(C(O)C3CC[C@@H](N(Cc4ccccc4)Cc4ccccc4)C3)c(Cl)cnc21.Cc1c(Cl)cnc2c1ccn2[Si](C(C)C)(C(C)C)C(C)C.O=CC1CC[C@@H](N(Cc2ccccc2)Cc2ccccc2)C1. The second-order valence-corrected chi connectivity index (χ2v) is 38.8. The zero-order valence-corrected chi connectivity index (χ0v) is 56.8. The Morgan fingerprint density at radius 3 is 1.24 bits per heavy atom. The van der Waals surface area contributed by atoms with Gasteiger partial charge in [-0.1, -0.05) is 228 Å². The van der Waals surface area contributed by atoms with Gasteiger partial charge in [-0.2, -0.15) is 0 Å². The van der Waals surface area contributed by atoms with Crippen molar-refractivity contribution in [2.45, 2.75) is 206 Å². The number of carbonyl (C=O) groups is 1. The van der Waals surface area contributed by atoms with Crippen molar-refractivity contribution in [3.8, 4) is 0 Å². The zero-order valence-electron chi connectivity index (χ0n) is 53.3. The summed E-state index contributed by atoms with van der Waals surface area (Å²) in [6.07, 6.45) is 14.8. The highest BCUT2D eigenvalue weighted by Crippen LogP contribution is 2.48. The number of aliphatic hydroxyl groups is 1. The Bertz CT molecular complexity index is 3220. The molecule has 0 spiro atoms. The number of pyridine rings is 2. The number of aliphatic hydroxyl groups excluding tert-OH is 1. The van der Waals surface area contributed by atoms with Crippen LogP contribution in [-0.4, -0.2) is 68.2 Å². The molecule has 8 nitrogen and oxygen atoms in total. The van der Waals surface area contributed by atoms with Gasteiger partial charge in [-0.3, -0.25) is 9.80 Å². The molecule has 0 bridgehead atoms. The molecule has 0 radical (unpaired) electrons. The molecule has 8 aromatic rings. The lowest BCUT2D eigenvalue weighted by atomic mass is 9.93. The molecule has 4 aromatic carbocycles. The lowest BCUT2D eigenvalue weighted by Gasteiger charge is -2.44. The maximum Gasteiger partial charge on any atom is 0.171 e. The van der Waals surface area contributed by atoms with Crippen molar-refractivity contribution in [2.24, 2.45) is 11.8 Å². The van der Waals surface area contributed by atoms with Gasteiger partial charge in [0.2, 0.25) is 0 Å². The lowest BCUT2D eigenvalue weighted by molar-refractivity contribution is -0.111. The highest BCUT2D eigenvalue weighted by atomic mass is 35.5. The first-order valence-corrected chi connectivity index (χ1v) is 36.9. The van der Waals surface area contributed by atoms with Gasteiger partial charge in [0, 0.05) is 72.9 Å². The van der Waals surface area contributed by atoms with Gasteiger partial charge in [-0.25, -0.2) is 9.97 Å². The van der Waals surface area contributed by atoms with Crippen LogP contribution in [0.3, 0.4) is 0 Å². The standard InChI is InChI=1S/C36H48ClN3OSi.C20H23NO.C17H27ClN2Si/c1-25(2)42(26(3)4,27(5)6)40-20-19-32-34(33(37)22-38-36(32)40)35(41)30-17-18-31(21-30)39(23-28-13-9-7-10-14-28)24-29-15-11-8-12-16-29;22-16-19-11-12-20(13-19)21(14-17-7-3-1-4-8-17)15-18-9-5-2-6-10-18;1-11(2)21(12(3)4,13(5)6)20-9-8-15-14(7)16(18)10-19-17(15)20/h7-16,19-20,22,25-27,30-31,35,41H,17-18,21,23-24H2,1-6H3;1-10,16,19-20H,11-15H2;8-13H,1-7H3/t30?,31-,35?;19?,20-;/m11./s1. The van der Waals surface area contributed by atoms with Crippen molar-refractivity contribution < 1.29 is 9.90 Å². The van der Waals surface area contributed by atoms with Crippen LogP contribution < -0.4 is 0 Å². The summed E-state index contributed by atoms with van der Waals surface area (Å²) in [7, 11) is -3.75. The molecule has 0 amide bonds. The Morgan fingerprint density at radius 1 is 0.506 bits per heavy atom. The minimum atomic E-state index is -2.00. The number of hydrogen-bond acceptors (Lipinski definition) is 6. The Hall–Kier alpha value is -5.18. The quantitative estimate of drug-likeness (QED) is 0.0570. The number of nitrogens with zero attached hydrogens (tertiary/aromatic N) is 6. The van der Waals surface area contributed by atoms with Gasteiger partial charge in [0.25, 0.3) is 0 Å². The van der Waals surface area contributed by atoms with Crippen LogP contribution in [0.2, 0.25) is 43.3 Å². The molecule has 2 fully saturated rings. The Labute approximate surface area is 522 Å². The number of carbonyl (C=O) groups excluding carboxylic acids is 1. The fourth-order valence-corrected chi connectivity index (χ4v) is 29.6. The summed E-state index contributed by atoms with van der Waals surface area (Å²) in [6.45, 7) is 34.3. The molecule has 5 atom stereocenters. The van der Waals surface area contributed by atoms with Crippen LogP contribution in [0.1, 0.15) is 161 Å². The van der Waals surface area contributed by atoms with Gasteiger partial charge >= 0.3 is 0 Å². The number of benzene rings is 4. The number of aryl methyl sites for hydroxylation is 1. The number of aromatic nitrogens is 4. The summed E-state index contributed by atoms with van der Waals surface area (Å²) in [6, 6.07) is 48.0. The minimum absolute atomic E-state index is 0.151. The van der Waals surface area contributed by atoms with Crippen LogP contribution >= 0.6 is 23.2 Å². The van der Waals surface area contributed by atoms with E-state index in [-0.39, 0.29) is 11.8 Å². The van der Waals surface area contributed by atoms with E-state index in [4.69, 9.17) is 28.2 Å². The molecule has 85 heavy (non-hydrogen) atoms. The number of hydrogen-bond donors (Lipinski definition) is 1. The molecule has 454 valence electrons. The number of halogens is 2. The maximum atomic E-state index is 12.0. The number of rotatable bonds is 21. The fraction of sp³-hybridized carbons (Fsp3) is 0.466. The highest BCUT2D eigenvalue weighted by Gasteiger charge is 2.48. The first kappa shape index (κ1) is 65.8. The second kappa shape index (κ2) is 29.7. The van der Waals surface area contributed by atoms with Crippen molar-refractivity contribution in [3.63, 3.8) is 0 Å². The average Bonchev–Trinajstić information content (AvgIpc) is 4.17. The molecule has 0 aliphatic heterocycles. The van der Waals surface area contributed by atoms with E-state index in [0.717, 1.165) is 104 Å². The number of fused-ring (bicyclic) bond motifs is 2. The monoisotopic (exact) mass is 1220 g/mol. The molecular formula is C73H98Cl2N6O2Si2. The molecular weight excluding hydrogens is 1120 g/mol. The normalized spacial score (nSPS) is 17.9. The summed E-state index contributed by atoms with van der Waals surface area (Å²) >= 11 is 13.1. The van der Waals surface area contributed by atoms with E-state index in [1.807, 2.05) is 0 Å². The fourth-order valence-electron chi connectivity index (χ4n) is 16.1. The minimum Gasteiger partial charge on any atom is -0.388 e. The topological polar surface area (TPSA) is 79.4 Å². The lowest BCUT2D eigenvalue weighted by Crippen LogP contribution is -2.51. The van der Waals surface area contributed by atoms with E-state index >= 15 is 0 Å². The van der Waals surface area contributed by atoms with E-state index in [0.29, 0.717) is 50.4 Å². The van der Waals surface area contributed by atoms with Crippen LogP contribution in [0.15, 0.2) is 158 Å². The van der Waals surface area contributed by atoms with Crippen LogP contribution in [0.4, 0.5) is 0 Å². The molecule has 2 aliphatic carbocycles. The van der Waals surface area contributed by atoms with E-state index < -0.39 is 22.6 Å². The van der Waals surface area contributed by atoms with Crippen LogP contribution in [-0.2, 0) is 31.0 Å². The molecule has 0 saturated heterocycles. The zero-order chi connectivity index (χ0) is 61.2. The first-order chi connectivity index (χ1) is 40.7. The second-order valence-electron chi connectivity index (χ2n) is 26.6. The molecule has 10 rings (SSSR count). The molecule has 1 N–H and O–H groups in total. The van der Waals surface area contributed by atoms with E-state index in [9.17, 15) is 9.90 Å². The summed E-state index contributed by atoms with van der Waals surface area (Å²) < 4.78 is 5.06. The summed E-state index contributed by atoms with van der Waals surface area (Å²) in [4.78, 5) is 25.8. The van der Waals surface area contributed by atoms with Gasteiger partial charge < -0.3 is 18.4 Å². The predicted molar refractivity (Wildman–Crippen MR) is 365 cm³/mol. The third-order valence-corrected chi connectivity index (χ3v) is 34.0. The largest absolute Gasteiger partial charge is 0.388 e. The van der Waals surface area contributed by atoms with Crippen LogP contribution in [0.25, 0.3) is 22.1 Å². The van der Waals surface area contributed by atoms with Crippen molar-refractivity contribution in [1.82, 2.24) is 28.2 Å². The van der Waals surface area contributed by atoms with Gasteiger partial charge in [0.15, 0.2) is 16.5 Å². The highest BCUT2D eigenvalue weighted by molar-refractivity contribution is 6.83. The Morgan fingerprint density at radius 2 is 0.859 bits per heavy atom. The van der Waals surface area contributed by atoms with Crippen molar-refractivity contribution in [2.75, 3.05) is 0 Å². The van der Waals surface area contributed by atoms with Crippen LogP contribution in [0.5, 0.6) is 0 Å². The molecule has 4 heterocycles. The summed E-state index contributed by atoms with van der Waals surface area (Å²) in [5.41, 5.74) is 13.1. The molecule has 12 heteroatoms. The summed E-state index contributed by atoms with van der Waals surface area (Å²) in [5, 5.41) is 15.5. The average molecular weight is 1220 g/mol. The van der Waals surface area contributed by atoms with Gasteiger partial charge in [-0.15, -0.1) is 0 Å². The molecule has 3 unspecified atom stereocenters. The smallest absolute Gasteiger partial charge is 0.171 e. The number of aldehydes is 1. The predicted octanol–water partition coefficient (Wildman–Crippen LogP) is 19.7. The van der Waals surface area contributed by atoms with Gasteiger partial charge in [0.1, 0.15) is 17.6 Å². The summed E-state index contributed by atoms with van der Waals surface area (Å²) in [5.74, 6) is 0.400. The third-order valence-electron chi connectivity index (χ3n) is 19.8. The Balaban J connectivity index is 0.000000183. The van der Waals surface area contributed by atoms with Gasteiger partial charge in [-0.05, 0) is 137 Å². The van der Waals surface area contributed by atoms with Crippen LogP contribution in [0, 0.1) is 18.8 Å². The first-order valence-electron chi connectivity index (χ1n) is 31.8. The maximum absolute atomic E-state index is 12.0. The molecule has 4 aromatic heterocycles. The molecule has 2 aliphatic rings. The molecule has 2 saturated carbocycles. The van der Waals surface area contributed by atoms with E-state index in [2.05, 4.69) is 259 Å². The van der Waals surface area contributed by atoms with E-state index in [1.54, 1.807) is 12.4 Å². The third kappa shape index (κ3) is 14.5.